The molecule has 0 amide bonds. The van der Waals surface area contributed by atoms with Crippen LogP contribution in [0.4, 0.5) is 5.69 Å². The van der Waals surface area contributed by atoms with Gasteiger partial charge < -0.3 is 9.52 Å². The Kier molecular flexibility index (Phi) is 4.89. The fourth-order valence-corrected chi connectivity index (χ4v) is 4.86. The molecule has 0 spiro atoms. The van der Waals surface area contributed by atoms with Crippen LogP contribution in [0.2, 0.25) is 5.02 Å². The molecule has 0 bridgehead atoms. The summed E-state index contributed by atoms with van der Waals surface area (Å²) in [4.78, 5) is 10.3. The van der Waals surface area contributed by atoms with Gasteiger partial charge in [0, 0.05) is 16.5 Å². The van der Waals surface area contributed by atoms with Crippen molar-refractivity contribution in [3.63, 3.8) is 0 Å². The molecule has 3 rings (SSSR count). The van der Waals surface area contributed by atoms with Gasteiger partial charge in [0.2, 0.25) is 5.09 Å². The predicted octanol–water partition coefficient (Wildman–Crippen LogP) is 2.75. The van der Waals surface area contributed by atoms with Gasteiger partial charge in [0.25, 0.3) is 10.0 Å². The number of sulfone groups is 1. The molecule has 1 heterocycles. The van der Waals surface area contributed by atoms with Gasteiger partial charge in [-0.15, -0.1) is 0 Å². The lowest BCUT2D eigenvalue weighted by atomic mass is 10.3. The largest absolute Gasteiger partial charge is 0.480 e. The summed E-state index contributed by atoms with van der Waals surface area (Å²) in [5.41, 5.74) is -0.0353. The summed E-state index contributed by atoms with van der Waals surface area (Å²) in [5.74, 6) is -2.77. The van der Waals surface area contributed by atoms with Crippen molar-refractivity contribution in [2.24, 2.45) is 0 Å². The second-order valence-corrected chi connectivity index (χ2v) is 9.51. The molecule has 2 N–H and O–H groups in total. The second kappa shape index (κ2) is 6.87. The Morgan fingerprint density at radius 1 is 1.07 bits per heavy atom. The SMILES string of the molecule is O=C(O)CS(=O)(=O)c1ccc(Cl)cc1NS(=O)(=O)c1cc2ccccc2o1. The molecule has 142 valence electrons. The van der Waals surface area contributed by atoms with Crippen molar-refractivity contribution in [3.05, 3.63) is 53.6 Å². The van der Waals surface area contributed by atoms with Gasteiger partial charge in [0.15, 0.2) is 15.6 Å². The molecule has 0 aliphatic rings. The number of aliphatic carboxylic acids is 1. The third kappa shape index (κ3) is 4.07. The number of rotatable bonds is 6. The number of carbonyl (C=O) groups is 1. The zero-order valence-electron chi connectivity index (χ0n) is 13.4. The number of sulfonamides is 1. The highest BCUT2D eigenvalue weighted by molar-refractivity contribution is 7.93. The Hall–Kier alpha value is -2.56. The minimum Gasteiger partial charge on any atom is -0.480 e. The van der Waals surface area contributed by atoms with Crippen molar-refractivity contribution in [2.45, 2.75) is 9.99 Å². The lowest BCUT2D eigenvalue weighted by Crippen LogP contribution is -2.19. The first-order valence-corrected chi connectivity index (χ1v) is 10.9. The van der Waals surface area contributed by atoms with E-state index in [4.69, 9.17) is 21.1 Å². The number of carboxylic acids is 1. The minimum absolute atomic E-state index is 0.0616. The highest BCUT2D eigenvalue weighted by atomic mass is 35.5. The number of anilines is 1. The lowest BCUT2D eigenvalue weighted by Gasteiger charge is -2.11. The van der Waals surface area contributed by atoms with Gasteiger partial charge >= 0.3 is 5.97 Å². The normalized spacial score (nSPS) is 12.2. The van der Waals surface area contributed by atoms with Crippen molar-refractivity contribution >= 4 is 54.1 Å². The maximum absolute atomic E-state index is 12.6. The maximum atomic E-state index is 12.6. The quantitative estimate of drug-likeness (QED) is 0.615. The zero-order valence-corrected chi connectivity index (χ0v) is 15.8. The summed E-state index contributed by atoms with van der Waals surface area (Å²) in [5, 5.41) is 8.97. The molecule has 0 aliphatic heterocycles. The molecule has 0 saturated heterocycles. The van der Waals surface area contributed by atoms with E-state index in [1.807, 2.05) is 0 Å². The molecule has 0 unspecified atom stereocenters. The summed E-state index contributed by atoms with van der Waals surface area (Å²) >= 11 is 5.84. The van der Waals surface area contributed by atoms with Gasteiger partial charge in [-0.2, -0.15) is 8.42 Å². The molecule has 0 fully saturated rings. The summed E-state index contributed by atoms with van der Waals surface area (Å²) in [6.07, 6.45) is 0. The molecule has 11 heteroatoms. The van der Waals surface area contributed by atoms with Crippen molar-refractivity contribution in [2.75, 3.05) is 10.5 Å². The van der Waals surface area contributed by atoms with Crippen molar-refractivity contribution in [1.29, 1.82) is 0 Å². The first kappa shape index (κ1) is 19.2. The molecule has 3 aromatic rings. The summed E-state index contributed by atoms with van der Waals surface area (Å²) in [7, 11) is -8.59. The van der Waals surface area contributed by atoms with E-state index in [0.717, 1.165) is 12.1 Å². The monoisotopic (exact) mass is 429 g/mol. The topological polar surface area (TPSA) is 131 Å². The van der Waals surface area contributed by atoms with Crippen molar-refractivity contribution in [3.8, 4) is 0 Å². The molecule has 2 aromatic carbocycles. The van der Waals surface area contributed by atoms with Crippen molar-refractivity contribution in [1.82, 2.24) is 0 Å². The number of carboxylic acid groups (broad SMARTS) is 1. The standard InChI is InChI=1S/C16H12ClNO7S2/c17-11-5-6-14(26(21,22)9-15(19)20)12(8-11)18-27(23,24)16-7-10-3-1-2-4-13(10)25-16/h1-8,18H,9H2,(H,19,20). The first-order valence-electron chi connectivity index (χ1n) is 7.34. The summed E-state index contributed by atoms with van der Waals surface area (Å²) in [6, 6.07) is 11.2. The van der Waals surface area contributed by atoms with Crippen LogP contribution in [0.3, 0.4) is 0 Å². The van der Waals surface area contributed by atoms with Gasteiger partial charge in [-0.25, -0.2) is 8.42 Å². The molecular formula is C16H12ClNO7S2. The number of fused-ring (bicyclic) bond motifs is 1. The maximum Gasteiger partial charge on any atom is 0.319 e. The van der Waals surface area contributed by atoms with Crippen LogP contribution < -0.4 is 4.72 Å². The van der Waals surface area contributed by atoms with Crippen LogP contribution in [0.1, 0.15) is 0 Å². The first-order chi connectivity index (χ1) is 12.6. The Balaban J connectivity index is 2.06. The number of para-hydroxylation sites is 1. The van der Waals surface area contributed by atoms with E-state index in [9.17, 15) is 21.6 Å². The Morgan fingerprint density at radius 2 is 1.78 bits per heavy atom. The lowest BCUT2D eigenvalue weighted by molar-refractivity contribution is -0.134. The molecule has 0 atom stereocenters. The van der Waals surface area contributed by atoms with E-state index >= 15 is 0 Å². The second-order valence-electron chi connectivity index (χ2n) is 5.50. The van der Waals surface area contributed by atoms with Gasteiger partial charge in [0.05, 0.1) is 10.6 Å². The molecule has 1 aromatic heterocycles. The number of hydrogen-bond donors (Lipinski definition) is 2. The van der Waals surface area contributed by atoms with E-state index < -0.39 is 41.6 Å². The van der Waals surface area contributed by atoms with Crippen LogP contribution in [-0.2, 0) is 24.7 Å². The van der Waals surface area contributed by atoms with E-state index in [2.05, 4.69) is 4.72 Å². The molecular weight excluding hydrogens is 418 g/mol. The average molecular weight is 430 g/mol. The molecule has 27 heavy (non-hydrogen) atoms. The highest BCUT2D eigenvalue weighted by Gasteiger charge is 2.27. The minimum atomic E-state index is -4.30. The number of hydrogen-bond acceptors (Lipinski definition) is 6. The van der Waals surface area contributed by atoms with E-state index in [0.29, 0.717) is 11.0 Å². The van der Waals surface area contributed by atoms with E-state index in [1.165, 1.54) is 12.1 Å². The van der Waals surface area contributed by atoms with Crippen LogP contribution in [-0.4, -0.2) is 33.7 Å². The van der Waals surface area contributed by atoms with Crippen molar-refractivity contribution < 1.29 is 31.2 Å². The number of furan rings is 1. The van der Waals surface area contributed by atoms with Crippen LogP contribution >= 0.6 is 11.6 Å². The molecule has 0 radical (unpaired) electrons. The fraction of sp³-hybridized carbons (Fsp3) is 0.0625. The number of benzene rings is 2. The fourth-order valence-electron chi connectivity index (χ4n) is 2.38. The number of halogens is 1. The molecule has 0 aliphatic carbocycles. The van der Waals surface area contributed by atoms with E-state index in [-0.39, 0.29) is 10.7 Å². The zero-order chi connectivity index (χ0) is 19.8. The van der Waals surface area contributed by atoms with Gasteiger partial charge in [-0.05, 0) is 24.3 Å². The Bertz CT molecular complexity index is 1210. The van der Waals surface area contributed by atoms with E-state index in [1.54, 1.807) is 24.3 Å². The van der Waals surface area contributed by atoms with Crippen LogP contribution in [0.25, 0.3) is 11.0 Å². The van der Waals surface area contributed by atoms with Gasteiger partial charge in [-0.3, -0.25) is 9.52 Å². The smallest absolute Gasteiger partial charge is 0.319 e. The predicted molar refractivity (Wildman–Crippen MR) is 98.2 cm³/mol. The average Bonchev–Trinajstić information content (AvgIpc) is 2.98. The Morgan fingerprint density at radius 3 is 2.44 bits per heavy atom. The van der Waals surface area contributed by atoms with Crippen LogP contribution in [0, 0.1) is 0 Å². The van der Waals surface area contributed by atoms with Gasteiger partial charge in [-0.1, -0.05) is 29.8 Å². The molecule has 0 saturated carbocycles. The Labute approximate surface area is 159 Å². The summed E-state index contributed by atoms with van der Waals surface area (Å²) < 4.78 is 57.2. The number of nitrogens with one attached hydrogen (secondary N) is 1. The van der Waals surface area contributed by atoms with Gasteiger partial charge in [0.1, 0.15) is 5.58 Å². The third-order valence-electron chi connectivity index (χ3n) is 3.50. The third-order valence-corrected chi connectivity index (χ3v) is 6.61. The van der Waals surface area contributed by atoms with Crippen LogP contribution in [0.15, 0.2) is 62.9 Å². The highest BCUT2D eigenvalue weighted by Crippen LogP contribution is 2.30. The molecule has 8 nitrogen and oxygen atoms in total. The van der Waals surface area contributed by atoms with Crippen LogP contribution in [0.5, 0.6) is 0 Å². The summed E-state index contributed by atoms with van der Waals surface area (Å²) in [6.45, 7) is 0.